The summed E-state index contributed by atoms with van der Waals surface area (Å²) in [6.45, 7) is 2.82. The maximum absolute atomic E-state index is 8.73. The molecule has 0 heterocycles. The lowest BCUT2D eigenvalue weighted by atomic mass is 10.0. The van der Waals surface area contributed by atoms with E-state index >= 15 is 0 Å². The van der Waals surface area contributed by atoms with Crippen molar-refractivity contribution in [3.05, 3.63) is 12.2 Å². The average Bonchev–Trinajstić information content (AvgIpc) is 2.01. The van der Waals surface area contributed by atoms with Crippen LogP contribution in [-0.4, -0.2) is 40.3 Å². The molecule has 60 valence electrons. The molecule has 10 heavy (non-hydrogen) atoms. The van der Waals surface area contributed by atoms with Gasteiger partial charge in [0.05, 0.1) is 25.0 Å². The van der Waals surface area contributed by atoms with Crippen LogP contribution in [0.1, 0.15) is 0 Å². The molecule has 0 radical (unpaired) electrons. The highest BCUT2D eigenvalue weighted by Crippen LogP contribution is 2.24. The van der Waals surface area contributed by atoms with Gasteiger partial charge in [0.1, 0.15) is 0 Å². The summed E-state index contributed by atoms with van der Waals surface area (Å²) in [4.78, 5) is 0. The number of hydrogen-bond acceptors (Lipinski definition) is 3. The summed E-state index contributed by atoms with van der Waals surface area (Å²) in [5, 5.41) is 25.2. The Hall–Kier alpha value is 0.0500. The van der Waals surface area contributed by atoms with Gasteiger partial charge in [-0.1, -0.05) is 6.58 Å². The van der Waals surface area contributed by atoms with Crippen molar-refractivity contribution in [3.8, 4) is 0 Å². The molecule has 3 nitrogen and oxygen atoms in total. The summed E-state index contributed by atoms with van der Waals surface area (Å²) >= 11 is 0. The van der Waals surface area contributed by atoms with E-state index in [-0.39, 0.29) is 19.8 Å². The minimum atomic E-state index is -0.825. The van der Waals surface area contributed by atoms with Crippen molar-refractivity contribution in [2.45, 2.75) is 5.16 Å². The Labute approximate surface area is 62.6 Å². The Kier molecular flexibility index (Phi) is 4.06. The van der Waals surface area contributed by atoms with Crippen LogP contribution in [0.2, 0.25) is 0 Å². The molecular weight excluding hydrogens is 151 g/mol. The Morgan fingerprint density at radius 1 is 1.30 bits per heavy atom. The highest BCUT2D eigenvalue weighted by Gasteiger charge is 2.25. The third-order valence-electron chi connectivity index (χ3n) is 1.46. The second-order valence-corrected chi connectivity index (χ2v) is 3.34. The molecule has 1 unspecified atom stereocenters. The molecule has 0 fully saturated rings. The lowest BCUT2D eigenvalue weighted by Gasteiger charge is -2.25. The van der Waals surface area contributed by atoms with E-state index in [9.17, 15) is 0 Å². The zero-order valence-corrected chi connectivity index (χ0v) is 6.90. The molecule has 0 aromatic heterocycles. The highest BCUT2D eigenvalue weighted by molar-refractivity contribution is 7.19. The molecule has 0 amide bonds. The van der Waals surface area contributed by atoms with Crippen LogP contribution in [0.3, 0.4) is 0 Å². The molecule has 0 bridgehead atoms. The highest BCUT2D eigenvalue weighted by atomic mass is 31.0. The summed E-state index contributed by atoms with van der Waals surface area (Å²) in [6, 6.07) is 0. The zero-order valence-electron chi connectivity index (χ0n) is 5.75. The Morgan fingerprint density at radius 3 is 1.80 bits per heavy atom. The van der Waals surface area contributed by atoms with E-state index in [0.717, 1.165) is 0 Å². The van der Waals surface area contributed by atoms with Gasteiger partial charge in [0.25, 0.3) is 0 Å². The Bertz CT molecular complexity index is 120. The third-order valence-corrected chi connectivity index (χ3v) is 2.23. The molecule has 0 aromatic rings. The van der Waals surface area contributed by atoms with E-state index in [0.29, 0.717) is 5.57 Å². The van der Waals surface area contributed by atoms with E-state index in [2.05, 4.69) is 15.8 Å². The van der Waals surface area contributed by atoms with Crippen LogP contribution in [0.5, 0.6) is 0 Å². The standard InChI is InChI=1S/C6H13O3P/c1-5(2-7)6(10,3-8)4-9/h7-9H,1-4,10H2. The zero-order chi connectivity index (χ0) is 8.20. The normalized spacial score (nSPS) is 11.6. The lowest BCUT2D eigenvalue weighted by molar-refractivity contribution is 0.179. The summed E-state index contributed by atoms with van der Waals surface area (Å²) in [6.07, 6.45) is 0. The van der Waals surface area contributed by atoms with Gasteiger partial charge in [-0.15, -0.1) is 9.24 Å². The fraction of sp³-hybridized carbons (Fsp3) is 0.667. The van der Waals surface area contributed by atoms with Gasteiger partial charge in [-0.25, -0.2) is 0 Å². The quantitative estimate of drug-likeness (QED) is 0.374. The molecular formula is C6H13O3P. The fourth-order valence-corrected chi connectivity index (χ4v) is 0.522. The average molecular weight is 164 g/mol. The minimum absolute atomic E-state index is 0.218. The smallest absolute Gasteiger partial charge is 0.0649 e. The first-order chi connectivity index (χ1) is 4.60. The Balaban J connectivity index is 4.17. The van der Waals surface area contributed by atoms with Gasteiger partial charge in [0, 0.05) is 0 Å². The number of hydrogen-bond donors (Lipinski definition) is 3. The second kappa shape index (κ2) is 4.04. The fourth-order valence-electron chi connectivity index (χ4n) is 0.431. The lowest BCUT2D eigenvalue weighted by Crippen LogP contribution is -2.33. The van der Waals surface area contributed by atoms with Crippen molar-refractivity contribution in [1.82, 2.24) is 0 Å². The van der Waals surface area contributed by atoms with Crippen LogP contribution in [0.25, 0.3) is 0 Å². The van der Waals surface area contributed by atoms with Gasteiger partial charge in [-0.05, 0) is 5.57 Å². The van der Waals surface area contributed by atoms with E-state index < -0.39 is 5.16 Å². The van der Waals surface area contributed by atoms with Gasteiger partial charge in [-0.2, -0.15) is 0 Å². The SMILES string of the molecule is C=C(CO)C(P)(CO)CO. The molecule has 3 N–H and O–H groups in total. The van der Waals surface area contributed by atoms with Crippen LogP contribution in [0.15, 0.2) is 12.2 Å². The van der Waals surface area contributed by atoms with Gasteiger partial charge in [-0.3, -0.25) is 0 Å². The molecule has 0 saturated carbocycles. The van der Waals surface area contributed by atoms with Crippen LogP contribution < -0.4 is 0 Å². The first-order valence-corrected chi connectivity index (χ1v) is 3.48. The van der Waals surface area contributed by atoms with Crippen LogP contribution >= 0.6 is 9.24 Å². The summed E-state index contributed by atoms with van der Waals surface area (Å²) in [5.41, 5.74) is 0.419. The van der Waals surface area contributed by atoms with Crippen LogP contribution in [-0.2, 0) is 0 Å². The molecule has 0 aromatic carbocycles. The predicted octanol–water partition coefficient (Wildman–Crippen LogP) is -0.867. The van der Waals surface area contributed by atoms with E-state index in [1.54, 1.807) is 0 Å². The maximum Gasteiger partial charge on any atom is 0.0649 e. The van der Waals surface area contributed by atoms with E-state index in [1.807, 2.05) is 0 Å². The monoisotopic (exact) mass is 164 g/mol. The first kappa shape index (κ1) is 10.0. The molecule has 0 aliphatic rings. The number of aliphatic hydroxyl groups is 3. The topological polar surface area (TPSA) is 60.7 Å². The molecule has 0 rings (SSSR count). The maximum atomic E-state index is 8.73. The van der Waals surface area contributed by atoms with Gasteiger partial charge >= 0.3 is 0 Å². The summed E-state index contributed by atoms with van der Waals surface area (Å²) < 4.78 is 0. The van der Waals surface area contributed by atoms with Gasteiger partial charge in [0.15, 0.2) is 0 Å². The van der Waals surface area contributed by atoms with E-state index in [1.165, 1.54) is 0 Å². The van der Waals surface area contributed by atoms with Gasteiger partial charge in [0.2, 0.25) is 0 Å². The molecule has 1 atom stereocenters. The second-order valence-electron chi connectivity index (χ2n) is 2.23. The minimum Gasteiger partial charge on any atom is -0.395 e. The van der Waals surface area contributed by atoms with Crippen molar-refractivity contribution in [2.24, 2.45) is 0 Å². The molecule has 0 aliphatic carbocycles. The van der Waals surface area contributed by atoms with Crippen molar-refractivity contribution < 1.29 is 15.3 Å². The largest absolute Gasteiger partial charge is 0.395 e. The third kappa shape index (κ3) is 2.03. The number of aliphatic hydroxyl groups excluding tert-OH is 3. The van der Waals surface area contributed by atoms with Gasteiger partial charge < -0.3 is 15.3 Å². The first-order valence-electron chi connectivity index (χ1n) is 2.90. The van der Waals surface area contributed by atoms with Crippen molar-refractivity contribution in [2.75, 3.05) is 19.8 Å². The predicted molar refractivity (Wildman–Crippen MR) is 42.8 cm³/mol. The summed E-state index contributed by atoms with van der Waals surface area (Å²) in [7, 11) is 2.27. The number of rotatable bonds is 4. The molecule has 4 heteroatoms. The van der Waals surface area contributed by atoms with Crippen molar-refractivity contribution >= 4 is 9.24 Å². The molecule has 0 aliphatic heterocycles. The van der Waals surface area contributed by atoms with Crippen LogP contribution in [0, 0.1) is 0 Å². The van der Waals surface area contributed by atoms with Crippen LogP contribution in [0.4, 0.5) is 0 Å². The van der Waals surface area contributed by atoms with Crippen molar-refractivity contribution in [1.29, 1.82) is 0 Å². The Morgan fingerprint density at radius 2 is 1.70 bits per heavy atom. The molecule has 0 saturated heterocycles. The van der Waals surface area contributed by atoms with E-state index in [4.69, 9.17) is 15.3 Å². The molecule has 0 spiro atoms. The van der Waals surface area contributed by atoms with Crippen molar-refractivity contribution in [3.63, 3.8) is 0 Å². The summed E-state index contributed by atoms with van der Waals surface area (Å²) in [5.74, 6) is 0.